The van der Waals surface area contributed by atoms with Crippen LogP contribution in [0.2, 0.25) is 0 Å². The molecule has 1 aromatic heterocycles. The molecule has 3 rings (SSSR count). The highest BCUT2D eigenvalue weighted by molar-refractivity contribution is 9.10. The predicted molar refractivity (Wildman–Crippen MR) is 79.2 cm³/mol. The molecule has 2 heterocycles. The fourth-order valence-corrected chi connectivity index (χ4v) is 2.71. The fourth-order valence-electron chi connectivity index (χ4n) is 2.10. The molecule has 8 heteroatoms. The second-order valence-corrected chi connectivity index (χ2v) is 5.68. The SMILES string of the molecule is CC(NCc1cc(Br)c2c(c1)OCCCO2)c1nn[nH]n1. The largest absolute Gasteiger partial charge is 0.490 e. The predicted octanol–water partition coefficient (Wildman–Crippen LogP) is 1.97. The molecular weight excluding hydrogens is 338 g/mol. The minimum atomic E-state index is 0.0125. The third-order valence-electron chi connectivity index (χ3n) is 3.22. The monoisotopic (exact) mass is 353 g/mol. The van der Waals surface area contributed by atoms with Crippen LogP contribution in [-0.4, -0.2) is 33.8 Å². The first-order chi connectivity index (χ1) is 10.2. The van der Waals surface area contributed by atoms with E-state index in [1.807, 2.05) is 19.1 Å². The molecule has 0 amide bonds. The van der Waals surface area contributed by atoms with Crippen molar-refractivity contribution in [3.05, 3.63) is 28.0 Å². The maximum Gasteiger partial charge on any atom is 0.191 e. The van der Waals surface area contributed by atoms with E-state index >= 15 is 0 Å². The topological polar surface area (TPSA) is 85.0 Å². The summed E-state index contributed by atoms with van der Waals surface area (Å²) in [6, 6.07) is 4.05. The second kappa shape index (κ2) is 6.40. The zero-order valence-corrected chi connectivity index (χ0v) is 13.2. The van der Waals surface area contributed by atoms with Crippen LogP contribution in [0.4, 0.5) is 0 Å². The van der Waals surface area contributed by atoms with Gasteiger partial charge in [0.25, 0.3) is 0 Å². The van der Waals surface area contributed by atoms with E-state index in [1.54, 1.807) is 0 Å². The molecule has 1 unspecified atom stereocenters. The average Bonchev–Trinajstić information content (AvgIpc) is 2.91. The Morgan fingerprint density at radius 3 is 3.05 bits per heavy atom. The van der Waals surface area contributed by atoms with Crippen LogP contribution in [0.15, 0.2) is 16.6 Å². The highest BCUT2D eigenvalue weighted by Crippen LogP contribution is 2.38. The summed E-state index contributed by atoms with van der Waals surface area (Å²) in [4.78, 5) is 0. The summed E-state index contributed by atoms with van der Waals surface area (Å²) in [6.07, 6.45) is 0.892. The van der Waals surface area contributed by atoms with Crippen molar-refractivity contribution in [2.75, 3.05) is 13.2 Å². The summed E-state index contributed by atoms with van der Waals surface area (Å²) in [5, 5.41) is 17.3. The molecule has 1 aliphatic heterocycles. The van der Waals surface area contributed by atoms with Crippen LogP contribution in [0.5, 0.6) is 11.5 Å². The molecular formula is C13H16BrN5O2. The van der Waals surface area contributed by atoms with Gasteiger partial charge in [0.1, 0.15) is 0 Å². The van der Waals surface area contributed by atoms with Crippen molar-refractivity contribution in [3.8, 4) is 11.5 Å². The van der Waals surface area contributed by atoms with Crippen LogP contribution in [0.1, 0.15) is 30.8 Å². The molecule has 7 nitrogen and oxygen atoms in total. The van der Waals surface area contributed by atoms with Crippen molar-refractivity contribution in [2.24, 2.45) is 0 Å². The standard InChI is InChI=1S/C13H16BrN5O2/c1-8(13-16-18-19-17-13)15-7-9-5-10(14)12-11(6-9)20-3-2-4-21-12/h5-6,8,15H,2-4,7H2,1H3,(H,16,17,18,19). The molecule has 0 aliphatic carbocycles. The smallest absolute Gasteiger partial charge is 0.191 e. The number of nitrogens with zero attached hydrogens (tertiary/aromatic N) is 3. The molecule has 0 radical (unpaired) electrons. The number of hydrogen-bond donors (Lipinski definition) is 2. The Kier molecular flexibility index (Phi) is 4.35. The quantitative estimate of drug-likeness (QED) is 0.873. The molecule has 0 fully saturated rings. The Hall–Kier alpha value is -1.67. The lowest BCUT2D eigenvalue weighted by Gasteiger charge is -2.14. The second-order valence-electron chi connectivity index (χ2n) is 4.83. The minimum Gasteiger partial charge on any atom is -0.490 e. The summed E-state index contributed by atoms with van der Waals surface area (Å²) in [5.41, 5.74) is 1.10. The van der Waals surface area contributed by atoms with Gasteiger partial charge < -0.3 is 14.8 Å². The molecule has 0 saturated heterocycles. The number of hydrogen-bond acceptors (Lipinski definition) is 6. The number of halogens is 1. The average molecular weight is 354 g/mol. The number of rotatable bonds is 4. The summed E-state index contributed by atoms with van der Waals surface area (Å²) in [6.45, 7) is 4.02. The van der Waals surface area contributed by atoms with Crippen molar-refractivity contribution >= 4 is 15.9 Å². The molecule has 2 aromatic rings. The molecule has 0 bridgehead atoms. The molecule has 112 valence electrons. The van der Waals surface area contributed by atoms with E-state index in [2.05, 4.69) is 41.9 Å². The van der Waals surface area contributed by atoms with Gasteiger partial charge in [0.2, 0.25) is 0 Å². The lowest BCUT2D eigenvalue weighted by atomic mass is 10.2. The fraction of sp³-hybridized carbons (Fsp3) is 0.462. The van der Waals surface area contributed by atoms with E-state index in [4.69, 9.17) is 9.47 Å². The van der Waals surface area contributed by atoms with Gasteiger partial charge in [-0.1, -0.05) is 5.21 Å². The van der Waals surface area contributed by atoms with Crippen LogP contribution >= 0.6 is 15.9 Å². The number of ether oxygens (including phenoxy) is 2. The van der Waals surface area contributed by atoms with Gasteiger partial charge in [0.05, 0.1) is 23.7 Å². The first-order valence-corrected chi connectivity index (χ1v) is 7.58. The summed E-state index contributed by atoms with van der Waals surface area (Å²) in [7, 11) is 0. The third-order valence-corrected chi connectivity index (χ3v) is 3.81. The zero-order chi connectivity index (χ0) is 14.7. The molecule has 1 atom stereocenters. The van der Waals surface area contributed by atoms with Crippen molar-refractivity contribution in [2.45, 2.75) is 25.9 Å². The van der Waals surface area contributed by atoms with Gasteiger partial charge in [0, 0.05) is 13.0 Å². The maximum absolute atomic E-state index is 5.73. The Morgan fingerprint density at radius 2 is 2.24 bits per heavy atom. The highest BCUT2D eigenvalue weighted by atomic mass is 79.9. The van der Waals surface area contributed by atoms with E-state index in [1.165, 1.54) is 0 Å². The van der Waals surface area contributed by atoms with Gasteiger partial charge in [-0.25, -0.2) is 0 Å². The van der Waals surface area contributed by atoms with Gasteiger partial charge in [-0.3, -0.25) is 0 Å². The van der Waals surface area contributed by atoms with Crippen molar-refractivity contribution in [3.63, 3.8) is 0 Å². The van der Waals surface area contributed by atoms with E-state index in [9.17, 15) is 0 Å². The summed E-state index contributed by atoms with van der Waals surface area (Å²) in [5.74, 6) is 2.21. The lowest BCUT2D eigenvalue weighted by Crippen LogP contribution is -2.19. The van der Waals surface area contributed by atoms with Crippen LogP contribution in [-0.2, 0) is 6.54 Å². The highest BCUT2D eigenvalue weighted by Gasteiger charge is 2.16. The van der Waals surface area contributed by atoms with Gasteiger partial charge in [-0.05, 0) is 40.5 Å². The van der Waals surface area contributed by atoms with Crippen LogP contribution in [0.25, 0.3) is 0 Å². The minimum absolute atomic E-state index is 0.0125. The molecule has 21 heavy (non-hydrogen) atoms. The van der Waals surface area contributed by atoms with Gasteiger partial charge in [-0.2, -0.15) is 5.21 Å². The molecule has 0 spiro atoms. The number of tetrazole rings is 1. The molecule has 1 aromatic carbocycles. The van der Waals surface area contributed by atoms with Crippen LogP contribution < -0.4 is 14.8 Å². The molecule has 2 N–H and O–H groups in total. The van der Waals surface area contributed by atoms with Crippen molar-refractivity contribution in [1.29, 1.82) is 0 Å². The van der Waals surface area contributed by atoms with Gasteiger partial charge in [-0.15, -0.1) is 10.2 Å². The maximum atomic E-state index is 5.73. The Labute approximate surface area is 130 Å². The van der Waals surface area contributed by atoms with E-state index in [-0.39, 0.29) is 6.04 Å². The van der Waals surface area contributed by atoms with Crippen LogP contribution in [0, 0.1) is 0 Å². The van der Waals surface area contributed by atoms with Crippen molar-refractivity contribution in [1.82, 2.24) is 25.9 Å². The summed E-state index contributed by atoms with van der Waals surface area (Å²) >= 11 is 3.54. The first kappa shape index (κ1) is 14.3. The number of aromatic amines is 1. The zero-order valence-electron chi connectivity index (χ0n) is 11.6. The number of H-pyrrole nitrogens is 1. The number of aromatic nitrogens is 4. The first-order valence-electron chi connectivity index (χ1n) is 6.79. The van der Waals surface area contributed by atoms with Crippen molar-refractivity contribution < 1.29 is 9.47 Å². The lowest BCUT2D eigenvalue weighted by molar-refractivity contribution is 0.296. The van der Waals surface area contributed by atoms with E-state index in [0.717, 1.165) is 28.0 Å². The normalized spacial score (nSPS) is 15.5. The Balaban J connectivity index is 1.71. The van der Waals surface area contributed by atoms with Crippen LogP contribution in [0.3, 0.4) is 0 Å². The van der Waals surface area contributed by atoms with Gasteiger partial charge in [0.15, 0.2) is 17.3 Å². The van der Waals surface area contributed by atoms with E-state index < -0.39 is 0 Å². The van der Waals surface area contributed by atoms with Gasteiger partial charge >= 0.3 is 0 Å². The molecule has 0 saturated carbocycles. The molecule has 1 aliphatic rings. The number of benzene rings is 1. The van der Waals surface area contributed by atoms with E-state index in [0.29, 0.717) is 25.6 Å². The number of fused-ring (bicyclic) bond motifs is 1. The number of nitrogens with one attached hydrogen (secondary N) is 2. The Bertz CT molecular complexity index is 605. The summed E-state index contributed by atoms with van der Waals surface area (Å²) < 4.78 is 12.3. The Morgan fingerprint density at radius 1 is 1.38 bits per heavy atom. The third kappa shape index (κ3) is 3.33.